The van der Waals surface area contributed by atoms with Gasteiger partial charge in [0.2, 0.25) is 5.91 Å². The number of benzene rings is 1. The highest BCUT2D eigenvalue weighted by Crippen LogP contribution is 2.25. The molecule has 14 heteroatoms. The molecule has 33 heavy (non-hydrogen) atoms. The number of nitrogens with zero attached hydrogens (tertiary/aromatic N) is 1. The van der Waals surface area contributed by atoms with Gasteiger partial charge in [-0.2, -0.15) is 13.5 Å². The van der Waals surface area contributed by atoms with E-state index in [1.807, 2.05) is 13.8 Å². The van der Waals surface area contributed by atoms with Crippen molar-refractivity contribution in [2.75, 3.05) is 6.54 Å². The number of carbonyl (C=O) groups excluding carboxylic acids is 2. The van der Waals surface area contributed by atoms with Gasteiger partial charge < -0.3 is 26.6 Å². The zero-order valence-electron chi connectivity index (χ0n) is 18.5. The Morgan fingerprint density at radius 3 is 2.45 bits per heavy atom. The van der Waals surface area contributed by atoms with E-state index in [0.29, 0.717) is 28.5 Å². The third kappa shape index (κ3) is 12.7. The molecule has 0 saturated carbocycles. The number of halogens is 3. The standard InChI is InChI=1S/C19H28BCl2FN5O3P.H2S/c1-11(2)9-16(18(30)31-10-12-13(21)5-3-6-14(12)22)27-17(29)15(24)7-4-8-26-19(25)28-32(20)23;/h3,5-6,11,15-16H,4,7-10,24H2,1-2H3,(H,27,29)(H3,25,26,28);1H2/t15-,16+,32?;/m1./s1. The summed E-state index contributed by atoms with van der Waals surface area (Å²) in [6, 6.07) is 3.23. The molecule has 0 aliphatic heterocycles. The number of rotatable bonds is 12. The predicted octanol–water partition coefficient (Wildman–Crippen LogP) is 3.06. The Morgan fingerprint density at radius 1 is 1.30 bits per heavy atom. The topological polar surface area (TPSA) is 132 Å². The monoisotopic (exact) mass is 539 g/mol. The van der Waals surface area contributed by atoms with Crippen molar-refractivity contribution in [2.45, 2.75) is 51.8 Å². The molecule has 1 aromatic carbocycles. The van der Waals surface area contributed by atoms with Crippen LogP contribution in [0.1, 0.15) is 38.7 Å². The molecule has 8 nitrogen and oxygen atoms in total. The number of hydrogen-bond acceptors (Lipinski definition) is 5. The summed E-state index contributed by atoms with van der Waals surface area (Å²) in [4.78, 5) is 29.0. The van der Waals surface area contributed by atoms with Crippen molar-refractivity contribution in [3.05, 3.63) is 33.8 Å². The average Bonchev–Trinajstić information content (AvgIpc) is 2.69. The van der Waals surface area contributed by atoms with Gasteiger partial charge in [-0.05, 0) is 37.3 Å². The van der Waals surface area contributed by atoms with Gasteiger partial charge in [-0.1, -0.05) is 43.1 Å². The average molecular weight is 540 g/mol. The fraction of sp³-hybridized carbons (Fsp3) is 0.526. The van der Waals surface area contributed by atoms with Crippen LogP contribution in [0.5, 0.6) is 0 Å². The normalized spacial score (nSPS) is 14.1. The first-order valence-electron chi connectivity index (χ1n) is 9.93. The van der Waals surface area contributed by atoms with Crippen LogP contribution in [0, 0.1) is 5.92 Å². The molecule has 0 aliphatic rings. The van der Waals surface area contributed by atoms with Crippen molar-refractivity contribution in [2.24, 2.45) is 22.4 Å². The Labute approximate surface area is 213 Å². The van der Waals surface area contributed by atoms with Crippen LogP contribution in [-0.2, 0) is 20.9 Å². The number of aliphatic imine (C=N–C) groups is 1. The van der Waals surface area contributed by atoms with Gasteiger partial charge in [0.05, 0.1) is 6.04 Å². The number of carbonyl (C=O) groups is 2. The van der Waals surface area contributed by atoms with Gasteiger partial charge in [0.15, 0.2) is 13.5 Å². The highest BCUT2D eigenvalue weighted by molar-refractivity contribution is 7.76. The van der Waals surface area contributed by atoms with Crippen molar-refractivity contribution in [1.82, 2.24) is 10.4 Å². The molecule has 1 amide bonds. The second-order valence-corrected chi connectivity index (χ2v) is 9.10. The lowest BCUT2D eigenvalue weighted by Gasteiger charge is -2.21. The summed E-state index contributed by atoms with van der Waals surface area (Å²) in [5.41, 5.74) is 11.9. The summed E-state index contributed by atoms with van der Waals surface area (Å²) in [6.45, 7) is 3.95. The molecule has 1 rings (SSSR count). The maximum absolute atomic E-state index is 12.6. The van der Waals surface area contributed by atoms with Crippen LogP contribution >= 0.6 is 45.0 Å². The molecule has 1 unspecified atom stereocenters. The summed E-state index contributed by atoms with van der Waals surface area (Å²) >= 11 is 12.2. The number of guanidine groups is 1. The Balaban J connectivity index is 0.0000102. The molecule has 6 N–H and O–H groups in total. The molecule has 3 atom stereocenters. The maximum atomic E-state index is 12.6. The quantitative estimate of drug-likeness (QED) is 0.0805. The van der Waals surface area contributed by atoms with E-state index in [1.165, 1.54) is 0 Å². The van der Waals surface area contributed by atoms with Crippen LogP contribution in [0.25, 0.3) is 0 Å². The lowest BCUT2D eigenvalue weighted by atomic mass is 10.0. The number of nitrogens with one attached hydrogen (secondary N) is 2. The van der Waals surface area contributed by atoms with Gasteiger partial charge in [-0.3, -0.25) is 9.79 Å². The lowest BCUT2D eigenvalue weighted by molar-refractivity contribution is -0.149. The molecule has 0 spiro atoms. The molecular formula is C19H30BCl2FN5O3PS. The number of amides is 1. The van der Waals surface area contributed by atoms with Gasteiger partial charge in [0.25, 0.3) is 0 Å². The number of nitrogens with two attached hydrogens (primary N) is 2. The van der Waals surface area contributed by atoms with Crippen molar-refractivity contribution >= 4 is 70.4 Å². The first-order valence-corrected chi connectivity index (χ1v) is 12.0. The third-order valence-corrected chi connectivity index (χ3v) is 5.39. The minimum Gasteiger partial charge on any atom is -0.459 e. The van der Waals surface area contributed by atoms with E-state index in [2.05, 4.69) is 15.4 Å². The Kier molecular flexibility index (Phi) is 15.8. The van der Waals surface area contributed by atoms with E-state index in [0.717, 1.165) is 0 Å². The summed E-state index contributed by atoms with van der Waals surface area (Å²) in [6.07, 6.45) is 1.08. The summed E-state index contributed by atoms with van der Waals surface area (Å²) < 4.78 is 18.0. The molecule has 2 radical (unpaired) electrons. The second-order valence-electron chi connectivity index (χ2n) is 7.44. The first kappa shape index (κ1) is 31.7. The predicted molar refractivity (Wildman–Crippen MR) is 139 cm³/mol. The zero-order valence-corrected chi connectivity index (χ0v) is 21.9. The summed E-state index contributed by atoms with van der Waals surface area (Å²) in [5, 5.41) is 5.57. The molecule has 0 saturated heterocycles. The van der Waals surface area contributed by atoms with Crippen LogP contribution in [0.2, 0.25) is 10.0 Å². The second kappa shape index (κ2) is 16.4. The smallest absolute Gasteiger partial charge is 0.328 e. The van der Waals surface area contributed by atoms with E-state index < -0.39 is 32.2 Å². The van der Waals surface area contributed by atoms with E-state index in [9.17, 15) is 13.8 Å². The number of hydrogen-bond donors (Lipinski definition) is 4. The van der Waals surface area contributed by atoms with E-state index in [1.54, 1.807) is 18.2 Å². The number of ether oxygens (including phenoxy) is 1. The van der Waals surface area contributed by atoms with E-state index in [-0.39, 0.29) is 44.9 Å². The Bertz CT molecular complexity index is 790. The Morgan fingerprint density at radius 2 is 1.91 bits per heavy atom. The molecule has 0 aromatic heterocycles. The molecule has 0 aliphatic carbocycles. The van der Waals surface area contributed by atoms with E-state index in [4.69, 9.17) is 47.0 Å². The van der Waals surface area contributed by atoms with Crippen molar-refractivity contribution < 1.29 is 18.5 Å². The van der Waals surface area contributed by atoms with Gasteiger partial charge in [0, 0.05) is 22.2 Å². The molecular weight excluding hydrogens is 510 g/mol. The van der Waals surface area contributed by atoms with Gasteiger partial charge in [-0.15, -0.1) is 0 Å². The first-order chi connectivity index (χ1) is 15.0. The number of esters is 1. The SMILES string of the molecule is S.[B]P(F)NC(N)=NCCC[C@@H](N)C(=O)N[C@@H](CC(C)C)C(=O)OCc1c(Cl)cccc1Cl. The van der Waals surface area contributed by atoms with Gasteiger partial charge >= 0.3 is 5.97 Å². The minimum absolute atomic E-state index is 0. The van der Waals surface area contributed by atoms with Crippen molar-refractivity contribution in [3.63, 3.8) is 0 Å². The molecule has 184 valence electrons. The fourth-order valence-electron chi connectivity index (χ4n) is 2.66. The molecule has 0 bridgehead atoms. The lowest BCUT2D eigenvalue weighted by Crippen LogP contribution is -2.49. The van der Waals surface area contributed by atoms with Crippen LogP contribution < -0.4 is 21.9 Å². The zero-order chi connectivity index (χ0) is 24.3. The Hall–Kier alpha value is -1.26. The minimum atomic E-state index is -2.38. The summed E-state index contributed by atoms with van der Waals surface area (Å²) in [5.74, 6) is -1.10. The van der Waals surface area contributed by atoms with Gasteiger partial charge in [0.1, 0.15) is 20.9 Å². The van der Waals surface area contributed by atoms with Crippen molar-refractivity contribution in [1.29, 1.82) is 0 Å². The maximum Gasteiger partial charge on any atom is 0.328 e. The van der Waals surface area contributed by atoms with Crippen LogP contribution in [0.15, 0.2) is 23.2 Å². The molecule has 1 aromatic rings. The van der Waals surface area contributed by atoms with Crippen LogP contribution in [0.4, 0.5) is 4.20 Å². The summed E-state index contributed by atoms with van der Waals surface area (Å²) in [7, 11) is 2.58. The highest BCUT2D eigenvalue weighted by atomic mass is 35.5. The molecule has 0 heterocycles. The van der Waals surface area contributed by atoms with Crippen LogP contribution in [-0.4, -0.2) is 44.0 Å². The van der Waals surface area contributed by atoms with Crippen molar-refractivity contribution in [3.8, 4) is 0 Å². The van der Waals surface area contributed by atoms with Gasteiger partial charge in [-0.25, -0.2) is 8.99 Å². The largest absolute Gasteiger partial charge is 0.459 e. The third-order valence-electron chi connectivity index (χ3n) is 4.24. The molecule has 0 fully saturated rings. The van der Waals surface area contributed by atoms with Crippen LogP contribution in [0.3, 0.4) is 0 Å². The van der Waals surface area contributed by atoms with E-state index >= 15 is 0 Å². The fourth-order valence-corrected chi connectivity index (χ4v) is 3.46. The highest BCUT2D eigenvalue weighted by Gasteiger charge is 2.26.